The summed E-state index contributed by atoms with van der Waals surface area (Å²) in [7, 11) is 0. The topological polar surface area (TPSA) is 41.8 Å². The Balaban J connectivity index is 2.88. The Morgan fingerprint density at radius 3 is 2.92 bits per heavy atom. The highest BCUT2D eigenvalue weighted by Gasteiger charge is 2.02. The average Bonchev–Trinajstić information content (AvgIpc) is 2.38. The normalized spacial score (nSPS) is 11.2. The van der Waals surface area contributed by atoms with Crippen LogP contribution in [0.3, 0.4) is 0 Å². The minimum absolute atomic E-state index is 0.716. The van der Waals surface area contributed by atoms with Crippen LogP contribution in [-0.2, 0) is 6.42 Å². The maximum atomic E-state index is 5.48. The summed E-state index contributed by atoms with van der Waals surface area (Å²) < 4.78 is 0. The molecule has 0 radical (unpaired) electrons. The van der Waals surface area contributed by atoms with Crippen molar-refractivity contribution in [2.24, 2.45) is 5.73 Å². The first kappa shape index (κ1) is 9.07. The molecule has 0 saturated carbocycles. The number of hydrogen-bond donors (Lipinski definition) is 2. The van der Waals surface area contributed by atoms with Gasteiger partial charge in [0.2, 0.25) is 0 Å². The third-order valence-electron chi connectivity index (χ3n) is 2.03. The fraction of sp³-hybridized carbons (Fsp3) is 0.400. The molecule has 0 aromatic carbocycles. The lowest BCUT2D eigenvalue weighted by atomic mass is 10.1. The molecule has 0 atom stereocenters. The minimum atomic E-state index is 0.716. The molecule has 2 heteroatoms. The highest BCUT2D eigenvalue weighted by Crippen LogP contribution is 2.14. The molecule has 1 aromatic rings. The van der Waals surface area contributed by atoms with E-state index in [1.807, 2.05) is 19.2 Å². The van der Waals surface area contributed by atoms with Crippen LogP contribution in [0.15, 0.2) is 12.3 Å². The number of hydrogen-bond acceptors (Lipinski definition) is 1. The van der Waals surface area contributed by atoms with E-state index in [-0.39, 0.29) is 0 Å². The molecule has 0 saturated heterocycles. The van der Waals surface area contributed by atoms with Gasteiger partial charge in [-0.1, -0.05) is 6.08 Å². The molecule has 0 fully saturated rings. The highest BCUT2D eigenvalue weighted by molar-refractivity contribution is 5.51. The molecule has 0 spiro atoms. The Kier molecular flexibility index (Phi) is 3.11. The Labute approximate surface area is 73.5 Å². The van der Waals surface area contributed by atoms with E-state index in [1.54, 1.807) is 0 Å². The zero-order valence-corrected chi connectivity index (χ0v) is 7.72. The number of aromatic nitrogens is 1. The van der Waals surface area contributed by atoms with Gasteiger partial charge >= 0.3 is 0 Å². The van der Waals surface area contributed by atoms with Crippen molar-refractivity contribution in [2.75, 3.05) is 6.54 Å². The van der Waals surface area contributed by atoms with Crippen molar-refractivity contribution in [1.82, 2.24) is 4.98 Å². The molecular weight excluding hydrogens is 148 g/mol. The van der Waals surface area contributed by atoms with Crippen molar-refractivity contribution >= 4 is 6.08 Å². The summed E-state index contributed by atoms with van der Waals surface area (Å²) in [4.78, 5) is 3.22. The molecule has 3 N–H and O–H groups in total. The van der Waals surface area contributed by atoms with Crippen molar-refractivity contribution in [3.05, 3.63) is 29.1 Å². The second-order valence-corrected chi connectivity index (χ2v) is 2.89. The maximum absolute atomic E-state index is 5.48. The smallest absolute Gasteiger partial charge is 0.0409 e. The van der Waals surface area contributed by atoms with Crippen LogP contribution in [0.5, 0.6) is 0 Å². The molecule has 66 valence electrons. The first-order chi connectivity index (χ1) is 5.79. The summed E-state index contributed by atoms with van der Waals surface area (Å²) in [6.07, 6.45) is 7.11. The lowest BCUT2D eigenvalue weighted by Gasteiger charge is -1.95. The standard InChI is InChI=1S/C10H16N2/c1-3-4-10-8(2)9(5-6-11)7-12-10/h3-4,7,12H,5-6,11H2,1-2H3/b4-3-. The van der Waals surface area contributed by atoms with Gasteiger partial charge in [0.1, 0.15) is 0 Å². The fourth-order valence-corrected chi connectivity index (χ4v) is 1.31. The number of allylic oxidation sites excluding steroid dienone is 1. The molecule has 0 aliphatic carbocycles. The van der Waals surface area contributed by atoms with Crippen LogP contribution < -0.4 is 5.73 Å². The molecule has 0 bridgehead atoms. The SMILES string of the molecule is C/C=C\c1[nH]cc(CCN)c1C. The van der Waals surface area contributed by atoms with E-state index in [0.717, 1.165) is 6.42 Å². The van der Waals surface area contributed by atoms with E-state index in [1.165, 1.54) is 16.8 Å². The molecule has 12 heavy (non-hydrogen) atoms. The predicted molar refractivity (Wildman–Crippen MR) is 53.0 cm³/mol. The van der Waals surface area contributed by atoms with Gasteiger partial charge in [-0.2, -0.15) is 0 Å². The lowest BCUT2D eigenvalue weighted by molar-refractivity contribution is 0.962. The average molecular weight is 164 g/mol. The van der Waals surface area contributed by atoms with Gasteiger partial charge in [-0.25, -0.2) is 0 Å². The number of aromatic amines is 1. The Bertz CT molecular complexity index is 271. The molecule has 0 aliphatic rings. The lowest BCUT2D eigenvalue weighted by Crippen LogP contribution is -2.02. The Morgan fingerprint density at radius 1 is 1.58 bits per heavy atom. The summed E-state index contributed by atoms with van der Waals surface area (Å²) in [5.74, 6) is 0. The fourth-order valence-electron chi connectivity index (χ4n) is 1.31. The van der Waals surface area contributed by atoms with Gasteiger partial charge in [-0.3, -0.25) is 0 Å². The van der Waals surface area contributed by atoms with Crippen LogP contribution in [0.4, 0.5) is 0 Å². The molecule has 0 amide bonds. The molecule has 1 heterocycles. The second-order valence-electron chi connectivity index (χ2n) is 2.89. The van der Waals surface area contributed by atoms with Gasteiger partial charge in [-0.05, 0) is 44.0 Å². The van der Waals surface area contributed by atoms with Crippen molar-refractivity contribution in [3.63, 3.8) is 0 Å². The first-order valence-electron chi connectivity index (χ1n) is 4.29. The van der Waals surface area contributed by atoms with E-state index < -0.39 is 0 Å². The summed E-state index contributed by atoms with van der Waals surface area (Å²) in [6, 6.07) is 0. The molecule has 0 unspecified atom stereocenters. The van der Waals surface area contributed by atoms with Crippen molar-refractivity contribution in [2.45, 2.75) is 20.3 Å². The summed E-state index contributed by atoms with van der Waals surface area (Å²) in [5.41, 5.74) is 9.32. The third-order valence-corrected chi connectivity index (χ3v) is 2.03. The zero-order chi connectivity index (χ0) is 8.97. The molecule has 2 nitrogen and oxygen atoms in total. The highest BCUT2D eigenvalue weighted by atomic mass is 14.7. The maximum Gasteiger partial charge on any atom is 0.0409 e. The van der Waals surface area contributed by atoms with E-state index in [2.05, 4.69) is 18.0 Å². The van der Waals surface area contributed by atoms with Crippen LogP contribution in [0.25, 0.3) is 6.08 Å². The van der Waals surface area contributed by atoms with Gasteiger partial charge in [0.15, 0.2) is 0 Å². The van der Waals surface area contributed by atoms with Crippen LogP contribution in [-0.4, -0.2) is 11.5 Å². The van der Waals surface area contributed by atoms with E-state index in [9.17, 15) is 0 Å². The van der Waals surface area contributed by atoms with Gasteiger partial charge in [0.25, 0.3) is 0 Å². The summed E-state index contributed by atoms with van der Waals surface area (Å²) in [5, 5.41) is 0. The van der Waals surface area contributed by atoms with E-state index in [4.69, 9.17) is 5.73 Å². The second kappa shape index (κ2) is 4.12. The number of H-pyrrole nitrogens is 1. The third kappa shape index (κ3) is 1.77. The quantitative estimate of drug-likeness (QED) is 0.703. The van der Waals surface area contributed by atoms with Crippen LogP contribution in [0, 0.1) is 6.92 Å². The molecule has 1 rings (SSSR count). The van der Waals surface area contributed by atoms with E-state index >= 15 is 0 Å². The van der Waals surface area contributed by atoms with Gasteiger partial charge in [0.05, 0.1) is 0 Å². The van der Waals surface area contributed by atoms with Crippen LogP contribution in [0.2, 0.25) is 0 Å². The van der Waals surface area contributed by atoms with Crippen molar-refractivity contribution in [1.29, 1.82) is 0 Å². The largest absolute Gasteiger partial charge is 0.361 e. The first-order valence-corrected chi connectivity index (χ1v) is 4.29. The van der Waals surface area contributed by atoms with Crippen molar-refractivity contribution < 1.29 is 0 Å². The van der Waals surface area contributed by atoms with Crippen LogP contribution >= 0.6 is 0 Å². The van der Waals surface area contributed by atoms with E-state index in [0.29, 0.717) is 6.54 Å². The van der Waals surface area contributed by atoms with Gasteiger partial charge in [-0.15, -0.1) is 0 Å². The number of nitrogens with one attached hydrogen (secondary N) is 1. The number of rotatable bonds is 3. The monoisotopic (exact) mass is 164 g/mol. The Morgan fingerprint density at radius 2 is 2.33 bits per heavy atom. The van der Waals surface area contributed by atoms with Gasteiger partial charge in [0, 0.05) is 11.9 Å². The zero-order valence-electron chi connectivity index (χ0n) is 7.72. The van der Waals surface area contributed by atoms with Crippen molar-refractivity contribution in [3.8, 4) is 0 Å². The van der Waals surface area contributed by atoms with Crippen LogP contribution in [0.1, 0.15) is 23.7 Å². The number of nitrogens with two attached hydrogens (primary N) is 1. The summed E-state index contributed by atoms with van der Waals surface area (Å²) in [6.45, 7) is 4.85. The van der Waals surface area contributed by atoms with Gasteiger partial charge < -0.3 is 10.7 Å². The molecular formula is C10H16N2. The summed E-state index contributed by atoms with van der Waals surface area (Å²) >= 11 is 0. The molecule has 0 aliphatic heterocycles. The molecule has 1 aromatic heterocycles. The Hall–Kier alpha value is -1.02. The predicted octanol–water partition coefficient (Wildman–Crippen LogP) is 1.86. The minimum Gasteiger partial charge on any atom is -0.361 e.